The van der Waals surface area contributed by atoms with E-state index in [0.717, 1.165) is 31.9 Å². The third-order valence-electron chi connectivity index (χ3n) is 7.27. The Morgan fingerprint density at radius 3 is 2.48 bits per heavy atom. The standard InChI is InChI=1S/C28H35Cl2N3O6S/c1-19(28(35)31-22-7-4-3-5-8-22)32(17-20-10-11-21(29)15-24(20)30)27(34)9-6-14-33(40(2,36)37)23-12-13-25-26(16-23)39-18-38-25/h10-13,15-16,19,22H,3-9,14,17-18H2,1-2H3,(H,31,35)/t19-/m0/s1. The van der Waals surface area contributed by atoms with Crippen LogP contribution in [0.3, 0.4) is 0 Å². The molecular weight excluding hydrogens is 577 g/mol. The number of halogens is 2. The summed E-state index contributed by atoms with van der Waals surface area (Å²) in [5.74, 6) is 0.510. The Morgan fingerprint density at radius 2 is 1.77 bits per heavy atom. The number of anilines is 1. The number of hydrogen-bond acceptors (Lipinski definition) is 6. The van der Waals surface area contributed by atoms with Gasteiger partial charge in [-0.2, -0.15) is 0 Å². The third kappa shape index (κ3) is 7.73. The number of ether oxygens (including phenoxy) is 2. The van der Waals surface area contributed by atoms with Gasteiger partial charge in [0.1, 0.15) is 6.04 Å². The number of nitrogens with zero attached hydrogens (tertiary/aromatic N) is 2. The lowest BCUT2D eigenvalue weighted by molar-refractivity contribution is -0.141. The molecule has 2 amide bonds. The molecule has 1 aliphatic carbocycles. The molecule has 0 unspecified atom stereocenters. The minimum absolute atomic E-state index is 0.0306. The van der Waals surface area contributed by atoms with Crippen molar-refractivity contribution in [2.24, 2.45) is 0 Å². The number of sulfonamides is 1. The van der Waals surface area contributed by atoms with E-state index in [1.807, 2.05) is 0 Å². The maximum Gasteiger partial charge on any atom is 0.242 e. The zero-order chi connectivity index (χ0) is 28.9. The van der Waals surface area contributed by atoms with E-state index in [1.165, 1.54) is 15.6 Å². The summed E-state index contributed by atoms with van der Waals surface area (Å²) in [7, 11) is -3.64. The van der Waals surface area contributed by atoms with Crippen LogP contribution >= 0.6 is 23.2 Å². The maximum absolute atomic E-state index is 13.6. The maximum atomic E-state index is 13.6. The molecule has 40 heavy (non-hydrogen) atoms. The normalized spacial score (nSPS) is 15.9. The largest absolute Gasteiger partial charge is 0.454 e. The van der Waals surface area contributed by atoms with Crippen LogP contribution in [0.15, 0.2) is 36.4 Å². The van der Waals surface area contributed by atoms with Crippen molar-refractivity contribution in [1.82, 2.24) is 10.2 Å². The van der Waals surface area contributed by atoms with Crippen LogP contribution in [-0.2, 0) is 26.2 Å². The highest BCUT2D eigenvalue weighted by molar-refractivity contribution is 7.92. The predicted molar refractivity (Wildman–Crippen MR) is 155 cm³/mol. The molecule has 2 aromatic rings. The van der Waals surface area contributed by atoms with Crippen LogP contribution in [0.5, 0.6) is 11.5 Å². The lowest BCUT2D eigenvalue weighted by Crippen LogP contribution is -2.50. The van der Waals surface area contributed by atoms with E-state index >= 15 is 0 Å². The molecule has 1 saturated carbocycles. The zero-order valence-corrected chi connectivity index (χ0v) is 25.0. The van der Waals surface area contributed by atoms with E-state index in [9.17, 15) is 18.0 Å². The Bertz CT molecular complexity index is 1330. The van der Waals surface area contributed by atoms with Crippen molar-refractivity contribution in [1.29, 1.82) is 0 Å². The van der Waals surface area contributed by atoms with Crippen LogP contribution in [0.2, 0.25) is 10.0 Å². The molecule has 2 aromatic carbocycles. The highest BCUT2D eigenvalue weighted by Crippen LogP contribution is 2.36. The number of nitrogens with one attached hydrogen (secondary N) is 1. The first-order valence-electron chi connectivity index (χ1n) is 13.4. The number of amides is 2. The second-order valence-electron chi connectivity index (χ2n) is 10.3. The lowest BCUT2D eigenvalue weighted by Gasteiger charge is -2.32. The van der Waals surface area contributed by atoms with Crippen LogP contribution < -0.4 is 19.1 Å². The quantitative estimate of drug-likeness (QED) is 0.377. The van der Waals surface area contributed by atoms with Crippen LogP contribution in [0.1, 0.15) is 57.4 Å². The molecule has 1 heterocycles. The molecule has 0 spiro atoms. The van der Waals surface area contributed by atoms with Crippen molar-refractivity contribution in [3.05, 3.63) is 52.0 Å². The first-order chi connectivity index (χ1) is 19.0. The number of fused-ring (bicyclic) bond motifs is 1. The molecule has 12 heteroatoms. The van der Waals surface area contributed by atoms with E-state index in [1.54, 1.807) is 43.3 Å². The van der Waals surface area contributed by atoms with Gasteiger partial charge in [0.25, 0.3) is 0 Å². The average Bonchev–Trinajstić information content (AvgIpc) is 3.38. The Balaban J connectivity index is 1.47. The molecule has 0 aromatic heterocycles. The number of rotatable bonds is 11. The minimum atomic E-state index is -3.64. The van der Waals surface area contributed by atoms with Crippen molar-refractivity contribution in [2.75, 3.05) is 23.9 Å². The molecule has 1 fully saturated rings. The highest BCUT2D eigenvalue weighted by Gasteiger charge is 2.29. The van der Waals surface area contributed by atoms with Gasteiger partial charge < -0.3 is 19.7 Å². The van der Waals surface area contributed by atoms with Gasteiger partial charge in [0.2, 0.25) is 28.6 Å². The predicted octanol–water partition coefficient (Wildman–Crippen LogP) is 5.13. The smallest absolute Gasteiger partial charge is 0.242 e. The second kappa shape index (κ2) is 13.3. The average molecular weight is 613 g/mol. The molecule has 1 atom stereocenters. The van der Waals surface area contributed by atoms with Crippen LogP contribution in [-0.4, -0.2) is 56.8 Å². The van der Waals surface area contributed by atoms with Crippen molar-refractivity contribution in [3.63, 3.8) is 0 Å². The molecular formula is C28H35Cl2N3O6S. The molecule has 1 N–H and O–H groups in total. The Labute approximate surface area is 245 Å². The summed E-state index contributed by atoms with van der Waals surface area (Å²) in [6.07, 6.45) is 6.55. The van der Waals surface area contributed by atoms with Gasteiger partial charge in [-0.3, -0.25) is 13.9 Å². The second-order valence-corrected chi connectivity index (χ2v) is 13.0. The fraction of sp³-hybridized carbons (Fsp3) is 0.500. The van der Waals surface area contributed by atoms with Gasteiger partial charge in [-0.15, -0.1) is 0 Å². The van der Waals surface area contributed by atoms with Gasteiger partial charge in [-0.1, -0.05) is 48.5 Å². The Kier molecular flexibility index (Phi) is 10.1. The number of carbonyl (C=O) groups is 2. The minimum Gasteiger partial charge on any atom is -0.454 e. The molecule has 0 saturated heterocycles. The zero-order valence-electron chi connectivity index (χ0n) is 22.7. The van der Waals surface area contributed by atoms with E-state index in [2.05, 4.69) is 5.32 Å². The third-order valence-corrected chi connectivity index (χ3v) is 9.05. The number of hydrogen-bond donors (Lipinski definition) is 1. The van der Waals surface area contributed by atoms with E-state index in [4.69, 9.17) is 32.7 Å². The van der Waals surface area contributed by atoms with Gasteiger partial charge in [-0.05, 0) is 56.0 Å². The molecule has 1 aliphatic heterocycles. The first kappa shape index (κ1) is 30.3. The van der Waals surface area contributed by atoms with E-state index in [0.29, 0.717) is 32.8 Å². The molecule has 0 radical (unpaired) electrons. The van der Waals surface area contributed by atoms with Crippen molar-refractivity contribution >= 4 is 50.7 Å². The van der Waals surface area contributed by atoms with Gasteiger partial charge in [0.05, 0.1) is 11.9 Å². The van der Waals surface area contributed by atoms with Crippen LogP contribution in [0, 0.1) is 0 Å². The molecule has 0 bridgehead atoms. The number of carbonyl (C=O) groups excluding carboxylic acids is 2. The van der Waals surface area contributed by atoms with Crippen LogP contribution in [0.4, 0.5) is 5.69 Å². The molecule has 9 nitrogen and oxygen atoms in total. The van der Waals surface area contributed by atoms with Crippen molar-refractivity contribution < 1.29 is 27.5 Å². The monoisotopic (exact) mass is 611 g/mol. The van der Waals surface area contributed by atoms with Gasteiger partial charge in [-0.25, -0.2) is 8.42 Å². The Morgan fingerprint density at radius 1 is 1.05 bits per heavy atom. The molecule has 4 rings (SSSR count). The first-order valence-corrected chi connectivity index (χ1v) is 16.0. The SMILES string of the molecule is C[C@@H](C(=O)NC1CCCCC1)N(Cc1ccc(Cl)cc1Cl)C(=O)CCCN(c1ccc2c(c1)OCO2)S(C)(=O)=O. The number of benzene rings is 2. The summed E-state index contributed by atoms with van der Waals surface area (Å²) < 4.78 is 37.2. The topological polar surface area (TPSA) is 105 Å². The summed E-state index contributed by atoms with van der Waals surface area (Å²) in [6.45, 7) is 1.97. The van der Waals surface area contributed by atoms with Crippen LogP contribution in [0.25, 0.3) is 0 Å². The van der Waals surface area contributed by atoms with Gasteiger partial charge >= 0.3 is 0 Å². The summed E-state index contributed by atoms with van der Waals surface area (Å²) in [4.78, 5) is 28.3. The van der Waals surface area contributed by atoms with E-state index < -0.39 is 16.1 Å². The summed E-state index contributed by atoms with van der Waals surface area (Å²) in [5.41, 5.74) is 1.08. The lowest BCUT2D eigenvalue weighted by atomic mass is 9.95. The summed E-state index contributed by atoms with van der Waals surface area (Å²) >= 11 is 12.5. The van der Waals surface area contributed by atoms with Crippen molar-refractivity contribution in [3.8, 4) is 11.5 Å². The van der Waals surface area contributed by atoms with Gasteiger partial charge in [0.15, 0.2) is 11.5 Å². The summed E-state index contributed by atoms with van der Waals surface area (Å²) in [6, 6.07) is 9.29. The van der Waals surface area contributed by atoms with Gasteiger partial charge in [0, 0.05) is 41.7 Å². The molecule has 2 aliphatic rings. The highest BCUT2D eigenvalue weighted by atomic mass is 35.5. The fourth-order valence-electron chi connectivity index (χ4n) is 5.03. The fourth-order valence-corrected chi connectivity index (χ4v) is 6.45. The molecule has 218 valence electrons. The van der Waals surface area contributed by atoms with Crippen molar-refractivity contribution in [2.45, 2.75) is 70.5 Å². The Hall–Kier alpha value is -2.69. The van der Waals surface area contributed by atoms with E-state index in [-0.39, 0.29) is 50.6 Å². The summed E-state index contributed by atoms with van der Waals surface area (Å²) in [5, 5.41) is 3.97.